The van der Waals surface area contributed by atoms with E-state index < -0.39 is 6.10 Å². The van der Waals surface area contributed by atoms with Crippen molar-refractivity contribution in [3.8, 4) is 0 Å². The molecule has 0 saturated carbocycles. The minimum Gasteiger partial charge on any atom is -0.392 e. The van der Waals surface area contributed by atoms with Crippen molar-refractivity contribution in [1.29, 1.82) is 0 Å². The maximum Gasteiger partial charge on any atom is 0.327 e. The molecule has 3 amide bonds. The minimum atomic E-state index is -0.590. The second-order valence-corrected chi connectivity index (χ2v) is 2.96. The number of amides is 3. The molecule has 0 aliphatic carbocycles. The van der Waals surface area contributed by atoms with Crippen LogP contribution in [-0.4, -0.2) is 53.1 Å². The summed E-state index contributed by atoms with van der Waals surface area (Å²) in [4.78, 5) is 24.5. The standard InChI is InChI=1S/C7H12N2O3/c1-5(10)3-9-4-6(11)8(2)7(9)12/h5,10H,3-4H2,1-2H3. The first-order valence-corrected chi connectivity index (χ1v) is 3.76. The number of β-amino-alcohol motifs (C(OH)–C–C–N with tert-alkyl or cyclic N) is 1. The third-order valence-electron chi connectivity index (χ3n) is 1.74. The first kappa shape index (κ1) is 8.99. The Morgan fingerprint density at radius 3 is 2.50 bits per heavy atom. The van der Waals surface area contributed by atoms with Crippen molar-refractivity contribution in [2.24, 2.45) is 0 Å². The van der Waals surface area contributed by atoms with Crippen LogP contribution in [-0.2, 0) is 4.79 Å². The van der Waals surface area contributed by atoms with Gasteiger partial charge in [0.05, 0.1) is 6.10 Å². The van der Waals surface area contributed by atoms with E-state index in [1.807, 2.05) is 0 Å². The summed E-state index contributed by atoms with van der Waals surface area (Å²) in [5, 5.41) is 8.98. The lowest BCUT2D eigenvalue weighted by Gasteiger charge is -2.15. The van der Waals surface area contributed by atoms with Crippen molar-refractivity contribution in [3.63, 3.8) is 0 Å². The van der Waals surface area contributed by atoms with Crippen molar-refractivity contribution < 1.29 is 14.7 Å². The molecule has 5 nitrogen and oxygen atoms in total. The van der Waals surface area contributed by atoms with Gasteiger partial charge in [0.1, 0.15) is 6.54 Å². The van der Waals surface area contributed by atoms with Gasteiger partial charge in [0.2, 0.25) is 5.91 Å². The van der Waals surface area contributed by atoms with Gasteiger partial charge in [-0.25, -0.2) is 4.79 Å². The number of likely N-dealkylation sites (N-methyl/N-ethyl adjacent to an activating group) is 1. The Morgan fingerprint density at radius 1 is 1.58 bits per heavy atom. The molecule has 1 rings (SSSR count). The Bertz CT molecular complexity index is 215. The van der Waals surface area contributed by atoms with Gasteiger partial charge in [0.25, 0.3) is 0 Å². The zero-order valence-electron chi connectivity index (χ0n) is 7.15. The van der Waals surface area contributed by atoms with Gasteiger partial charge in [-0.2, -0.15) is 0 Å². The highest BCUT2D eigenvalue weighted by Gasteiger charge is 2.33. The molecule has 12 heavy (non-hydrogen) atoms. The van der Waals surface area contributed by atoms with Crippen LogP contribution in [0.3, 0.4) is 0 Å². The third kappa shape index (κ3) is 1.55. The van der Waals surface area contributed by atoms with E-state index >= 15 is 0 Å². The van der Waals surface area contributed by atoms with Crippen molar-refractivity contribution >= 4 is 11.9 Å². The van der Waals surface area contributed by atoms with E-state index in [2.05, 4.69) is 0 Å². The first-order chi connectivity index (χ1) is 5.52. The minimum absolute atomic E-state index is 0.0836. The second kappa shape index (κ2) is 3.10. The van der Waals surface area contributed by atoms with Crippen LogP contribution in [0.4, 0.5) is 4.79 Å². The highest BCUT2D eigenvalue weighted by molar-refractivity contribution is 6.01. The summed E-state index contributed by atoms with van der Waals surface area (Å²) in [6.07, 6.45) is -0.590. The molecular weight excluding hydrogens is 160 g/mol. The van der Waals surface area contributed by atoms with Crippen LogP contribution in [0.5, 0.6) is 0 Å². The van der Waals surface area contributed by atoms with Gasteiger partial charge >= 0.3 is 6.03 Å². The largest absolute Gasteiger partial charge is 0.392 e. The number of aliphatic hydroxyl groups is 1. The molecule has 1 N–H and O–H groups in total. The Morgan fingerprint density at radius 2 is 2.17 bits per heavy atom. The number of hydrogen-bond donors (Lipinski definition) is 1. The van der Waals surface area contributed by atoms with Gasteiger partial charge < -0.3 is 10.0 Å². The topological polar surface area (TPSA) is 60.9 Å². The van der Waals surface area contributed by atoms with E-state index in [9.17, 15) is 9.59 Å². The van der Waals surface area contributed by atoms with Gasteiger partial charge in [-0.1, -0.05) is 0 Å². The van der Waals surface area contributed by atoms with Crippen molar-refractivity contribution in [3.05, 3.63) is 0 Å². The molecule has 0 spiro atoms. The van der Waals surface area contributed by atoms with E-state index in [0.717, 1.165) is 4.90 Å². The SMILES string of the molecule is CC(O)CN1CC(=O)N(C)C1=O. The number of urea groups is 1. The van der Waals surface area contributed by atoms with Gasteiger partial charge in [0, 0.05) is 13.6 Å². The first-order valence-electron chi connectivity index (χ1n) is 3.76. The lowest BCUT2D eigenvalue weighted by molar-refractivity contribution is -0.124. The van der Waals surface area contributed by atoms with Gasteiger partial charge in [0.15, 0.2) is 0 Å². The number of hydrogen-bond acceptors (Lipinski definition) is 3. The smallest absolute Gasteiger partial charge is 0.327 e. The molecule has 0 aromatic heterocycles. The number of rotatable bonds is 2. The van der Waals surface area contributed by atoms with E-state index in [-0.39, 0.29) is 25.0 Å². The average molecular weight is 172 g/mol. The number of imide groups is 1. The predicted molar refractivity (Wildman–Crippen MR) is 41.4 cm³/mol. The second-order valence-electron chi connectivity index (χ2n) is 2.96. The van der Waals surface area contributed by atoms with Crippen LogP contribution >= 0.6 is 0 Å². The molecule has 1 fully saturated rings. The quantitative estimate of drug-likeness (QED) is 0.558. The molecule has 0 radical (unpaired) electrons. The fourth-order valence-electron chi connectivity index (χ4n) is 1.12. The maximum absolute atomic E-state index is 11.2. The number of aliphatic hydroxyl groups excluding tert-OH is 1. The Balaban J connectivity index is 2.59. The molecule has 1 unspecified atom stereocenters. The molecule has 5 heteroatoms. The molecule has 1 aliphatic heterocycles. The Labute approximate surface area is 70.6 Å². The average Bonchev–Trinajstić information content (AvgIpc) is 2.17. The summed E-state index contributed by atoms with van der Waals surface area (Å²) < 4.78 is 0. The number of carbonyl (C=O) groups excluding carboxylic acids is 2. The van der Waals surface area contributed by atoms with E-state index in [0.29, 0.717) is 0 Å². The van der Waals surface area contributed by atoms with Crippen molar-refractivity contribution in [2.45, 2.75) is 13.0 Å². The van der Waals surface area contributed by atoms with Crippen LogP contribution in [0, 0.1) is 0 Å². The highest BCUT2D eigenvalue weighted by atomic mass is 16.3. The predicted octanol–water partition coefficient (Wildman–Crippen LogP) is -0.739. The lowest BCUT2D eigenvalue weighted by Crippen LogP contribution is -2.34. The van der Waals surface area contributed by atoms with Crippen LogP contribution in [0.25, 0.3) is 0 Å². The van der Waals surface area contributed by atoms with E-state index in [4.69, 9.17) is 5.11 Å². The fraction of sp³-hybridized carbons (Fsp3) is 0.714. The molecule has 1 aliphatic rings. The summed E-state index contributed by atoms with van der Waals surface area (Å²) >= 11 is 0. The van der Waals surface area contributed by atoms with Gasteiger partial charge in [-0.05, 0) is 6.92 Å². The highest BCUT2D eigenvalue weighted by Crippen LogP contribution is 2.07. The summed E-state index contributed by atoms with van der Waals surface area (Å²) in [6, 6.07) is -0.332. The fourth-order valence-corrected chi connectivity index (χ4v) is 1.12. The molecule has 1 heterocycles. The molecule has 0 aromatic carbocycles. The number of nitrogens with zero attached hydrogens (tertiary/aromatic N) is 2. The molecule has 68 valence electrons. The monoisotopic (exact) mass is 172 g/mol. The third-order valence-corrected chi connectivity index (χ3v) is 1.74. The zero-order chi connectivity index (χ0) is 9.30. The van der Waals surface area contributed by atoms with Crippen LogP contribution in [0.1, 0.15) is 6.92 Å². The Kier molecular flexibility index (Phi) is 2.32. The lowest BCUT2D eigenvalue weighted by atomic mass is 10.4. The molecule has 0 aromatic rings. The zero-order valence-corrected chi connectivity index (χ0v) is 7.15. The van der Waals surface area contributed by atoms with Crippen LogP contribution < -0.4 is 0 Å². The van der Waals surface area contributed by atoms with Crippen molar-refractivity contribution in [1.82, 2.24) is 9.80 Å². The van der Waals surface area contributed by atoms with Crippen LogP contribution in [0.2, 0.25) is 0 Å². The van der Waals surface area contributed by atoms with Gasteiger partial charge in [-0.3, -0.25) is 9.69 Å². The molecule has 1 atom stereocenters. The van der Waals surface area contributed by atoms with E-state index in [1.54, 1.807) is 6.92 Å². The normalized spacial score (nSPS) is 20.6. The summed E-state index contributed by atoms with van der Waals surface area (Å²) in [6.45, 7) is 1.88. The molecular formula is C7H12N2O3. The summed E-state index contributed by atoms with van der Waals surface area (Å²) in [5.74, 6) is -0.222. The summed E-state index contributed by atoms with van der Waals surface area (Å²) in [7, 11) is 1.44. The van der Waals surface area contributed by atoms with Gasteiger partial charge in [-0.15, -0.1) is 0 Å². The Hall–Kier alpha value is -1.10. The number of carbonyl (C=O) groups is 2. The molecule has 0 bridgehead atoms. The van der Waals surface area contributed by atoms with E-state index in [1.165, 1.54) is 11.9 Å². The summed E-state index contributed by atoms with van der Waals surface area (Å²) in [5.41, 5.74) is 0. The van der Waals surface area contributed by atoms with Crippen molar-refractivity contribution in [2.75, 3.05) is 20.1 Å². The van der Waals surface area contributed by atoms with Crippen LogP contribution in [0.15, 0.2) is 0 Å². The molecule has 1 saturated heterocycles. The maximum atomic E-state index is 11.2.